The molecule has 0 aliphatic heterocycles. The Morgan fingerprint density at radius 2 is 2.29 bits per heavy atom. The van der Waals surface area contributed by atoms with Crippen molar-refractivity contribution >= 4 is 17.7 Å². The van der Waals surface area contributed by atoms with Gasteiger partial charge in [0.05, 0.1) is 19.8 Å². The first-order valence-corrected chi connectivity index (χ1v) is 5.72. The molecule has 1 aliphatic carbocycles. The number of carbonyl (C=O) groups is 1. The molecule has 0 aromatic carbocycles. The molecule has 0 heterocycles. The molecule has 0 aromatic heterocycles. The van der Waals surface area contributed by atoms with Crippen molar-refractivity contribution in [1.29, 1.82) is 0 Å². The third kappa shape index (κ3) is 3.48. The molecule has 2 N–H and O–H groups in total. The highest BCUT2D eigenvalue weighted by Gasteiger charge is 2.37. The molecule has 4 nitrogen and oxygen atoms in total. The van der Waals surface area contributed by atoms with Crippen molar-refractivity contribution in [1.82, 2.24) is 0 Å². The third-order valence-corrected chi connectivity index (χ3v) is 3.68. The second-order valence-corrected chi connectivity index (χ2v) is 4.63. The average molecular weight is 220 g/mol. The van der Waals surface area contributed by atoms with Crippen LogP contribution < -0.4 is 0 Å². The van der Waals surface area contributed by atoms with Gasteiger partial charge in [0.1, 0.15) is 5.25 Å². The maximum absolute atomic E-state index is 11.3. The molecule has 0 radical (unpaired) electrons. The lowest BCUT2D eigenvalue weighted by atomic mass is 10.3. The summed E-state index contributed by atoms with van der Waals surface area (Å²) >= 11 is 1.37. The first-order valence-electron chi connectivity index (χ1n) is 4.67. The molecule has 0 amide bonds. The van der Waals surface area contributed by atoms with Gasteiger partial charge in [-0.15, -0.1) is 11.8 Å². The predicted molar refractivity (Wildman–Crippen MR) is 54.1 cm³/mol. The standard InChI is InChI=1S/C9H16O4S/c1-13-9(12)8(6-2-3-6)14-5-7(11)4-10/h6-8,10-11H,2-5H2,1H3. The monoisotopic (exact) mass is 220 g/mol. The topological polar surface area (TPSA) is 66.8 Å². The van der Waals surface area contributed by atoms with E-state index in [0.29, 0.717) is 11.7 Å². The number of aliphatic hydroxyl groups is 2. The predicted octanol–water partition coefficient (Wildman–Crippen LogP) is 0.0244. The van der Waals surface area contributed by atoms with Crippen LogP contribution in [-0.2, 0) is 9.53 Å². The molecule has 0 bridgehead atoms. The van der Waals surface area contributed by atoms with Crippen molar-refractivity contribution in [2.24, 2.45) is 5.92 Å². The third-order valence-electron chi connectivity index (χ3n) is 2.16. The maximum atomic E-state index is 11.3. The molecule has 14 heavy (non-hydrogen) atoms. The van der Waals surface area contributed by atoms with E-state index in [1.807, 2.05) is 0 Å². The first kappa shape index (κ1) is 11.8. The summed E-state index contributed by atoms with van der Waals surface area (Å²) in [5.41, 5.74) is 0. The fraction of sp³-hybridized carbons (Fsp3) is 0.889. The maximum Gasteiger partial charge on any atom is 0.319 e. The molecule has 1 rings (SSSR count). The minimum Gasteiger partial charge on any atom is -0.468 e. The van der Waals surface area contributed by atoms with Gasteiger partial charge in [-0.2, -0.15) is 0 Å². The van der Waals surface area contributed by atoms with E-state index in [-0.39, 0.29) is 17.8 Å². The van der Waals surface area contributed by atoms with Crippen LogP contribution in [0.3, 0.4) is 0 Å². The van der Waals surface area contributed by atoms with Crippen LogP contribution in [0.5, 0.6) is 0 Å². The number of methoxy groups -OCH3 is 1. The van der Waals surface area contributed by atoms with Crippen molar-refractivity contribution in [2.75, 3.05) is 19.5 Å². The van der Waals surface area contributed by atoms with Crippen molar-refractivity contribution in [3.05, 3.63) is 0 Å². The first-order chi connectivity index (χ1) is 6.69. The van der Waals surface area contributed by atoms with Crippen LogP contribution in [0.4, 0.5) is 0 Å². The molecular weight excluding hydrogens is 204 g/mol. The minimum atomic E-state index is -0.745. The van der Waals surface area contributed by atoms with Crippen molar-refractivity contribution < 1.29 is 19.7 Å². The number of thioether (sulfide) groups is 1. The zero-order valence-corrected chi connectivity index (χ0v) is 9.00. The van der Waals surface area contributed by atoms with Gasteiger partial charge in [0.2, 0.25) is 0 Å². The van der Waals surface area contributed by atoms with Gasteiger partial charge in [-0.1, -0.05) is 0 Å². The van der Waals surface area contributed by atoms with Crippen LogP contribution in [0, 0.1) is 5.92 Å². The Morgan fingerprint density at radius 1 is 1.64 bits per heavy atom. The largest absolute Gasteiger partial charge is 0.468 e. The molecular formula is C9H16O4S. The molecule has 1 saturated carbocycles. The number of esters is 1. The second kappa shape index (κ2) is 5.58. The fourth-order valence-electron chi connectivity index (χ4n) is 1.18. The van der Waals surface area contributed by atoms with Crippen molar-refractivity contribution in [2.45, 2.75) is 24.2 Å². The summed E-state index contributed by atoms with van der Waals surface area (Å²) in [6.07, 6.45) is 1.37. The number of ether oxygens (including phenoxy) is 1. The summed E-state index contributed by atoms with van der Waals surface area (Å²) in [7, 11) is 1.38. The van der Waals surface area contributed by atoms with Crippen LogP contribution in [0.1, 0.15) is 12.8 Å². The van der Waals surface area contributed by atoms with Crippen molar-refractivity contribution in [3.63, 3.8) is 0 Å². The van der Waals surface area contributed by atoms with Crippen LogP contribution in [0.15, 0.2) is 0 Å². The Hall–Kier alpha value is -0.260. The summed E-state index contributed by atoms with van der Waals surface area (Å²) < 4.78 is 4.68. The number of rotatable bonds is 6. The Balaban J connectivity index is 2.32. The molecule has 0 saturated heterocycles. The molecule has 1 fully saturated rings. The minimum absolute atomic E-state index is 0.166. The molecule has 2 unspecified atom stereocenters. The van der Waals surface area contributed by atoms with Gasteiger partial charge in [-0.3, -0.25) is 4.79 Å². The van der Waals surface area contributed by atoms with E-state index in [1.54, 1.807) is 0 Å². The SMILES string of the molecule is COC(=O)C(SCC(O)CO)C1CC1. The molecule has 5 heteroatoms. The van der Waals surface area contributed by atoms with Crippen LogP contribution in [0.2, 0.25) is 0 Å². The van der Waals surface area contributed by atoms with E-state index in [1.165, 1.54) is 18.9 Å². The van der Waals surface area contributed by atoms with E-state index < -0.39 is 6.10 Å². The molecule has 0 spiro atoms. The normalized spacial score (nSPS) is 20.2. The van der Waals surface area contributed by atoms with E-state index in [2.05, 4.69) is 4.74 Å². The fourth-order valence-corrected chi connectivity index (χ4v) is 2.49. The summed E-state index contributed by atoms with van der Waals surface area (Å²) in [4.78, 5) is 11.3. The molecule has 2 atom stereocenters. The smallest absolute Gasteiger partial charge is 0.319 e. The summed E-state index contributed by atoms with van der Waals surface area (Å²) in [5.74, 6) is 0.563. The summed E-state index contributed by atoms with van der Waals surface area (Å²) in [6, 6.07) is 0. The molecule has 0 aromatic rings. The Kier molecular flexibility index (Phi) is 4.71. The number of hydrogen-bond acceptors (Lipinski definition) is 5. The van der Waals surface area contributed by atoms with Gasteiger partial charge in [0.15, 0.2) is 0 Å². The van der Waals surface area contributed by atoms with Gasteiger partial charge >= 0.3 is 5.97 Å². The summed E-state index contributed by atoms with van der Waals surface area (Å²) in [6.45, 7) is -0.258. The zero-order valence-electron chi connectivity index (χ0n) is 8.18. The van der Waals surface area contributed by atoms with Crippen LogP contribution in [-0.4, -0.2) is 47.0 Å². The van der Waals surface area contributed by atoms with Gasteiger partial charge in [-0.25, -0.2) is 0 Å². The van der Waals surface area contributed by atoms with Crippen LogP contribution in [0.25, 0.3) is 0 Å². The lowest BCUT2D eigenvalue weighted by Crippen LogP contribution is -2.25. The van der Waals surface area contributed by atoms with Crippen LogP contribution >= 0.6 is 11.8 Å². The van der Waals surface area contributed by atoms with E-state index in [4.69, 9.17) is 10.2 Å². The van der Waals surface area contributed by atoms with Gasteiger partial charge < -0.3 is 14.9 Å². The second-order valence-electron chi connectivity index (χ2n) is 3.45. The quantitative estimate of drug-likeness (QED) is 0.618. The highest BCUT2D eigenvalue weighted by Crippen LogP contribution is 2.39. The van der Waals surface area contributed by atoms with E-state index in [9.17, 15) is 4.79 Å². The lowest BCUT2D eigenvalue weighted by Gasteiger charge is -2.14. The zero-order chi connectivity index (χ0) is 10.6. The van der Waals surface area contributed by atoms with E-state index >= 15 is 0 Å². The Morgan fingerprint density at radius 3 is 2.71 bits per heavy atom. The Labute approximate surface area is 87.6 Å². The number of hydrogen-bond donors (Lipinski definition) is 2. The highest BCUT2D eigenvalue weighted by molar-refractivity contribution is 8.00. The van der Waals surface area contributed by atoms with Gasteiger partial charge in [-0.05, 0) is 18.8 Å². The number of aliphatic hydroxyl groups excluding tert-OH is 2. The highest BCUT2D eigenvalue weighted by atomic mass is 32.2. The molecule has 82 valence electrons. The lowest BCUT2D eigenvalue weighted by molar-refractivity contribution is -0.140. The Bertz CT molecular complexity index is 193. The number of carbonyl (C=O) groups excluding carboxylic acids is 1. The summed E-state index contributed by atoms with van der Waals surface area (Å²) in [5, 5.41) is 17.6. The van der Waals surface area contributed by atoms with Crippen molar-refractivity contribution in [3.8, 4) is 0 Å². The van der Waals surface area contributed by atoms with Gasteiger partial charge in [0.25, 0.3) is 0 Å². The van der Waals surface area contributed by atoms with E-state index in [0.717, 1.165) is 12.8 Å². The molecule has 1 aliphatic rings. The average Bonchev–Trinajstić information content (AvgIpc) is 3.01. The van der Waals surface area contributed by atoms with Gasteiger partial charge in [0, 0.05) is 5.75 Å².